The standard InChI is InChI=1S/C12H19N3/c1-2-3-4-8-15-9-7-12(14-15)10-13-11-5-6-11/h2,7,9,11,13H,1,3-6,8,10H2. The minimum Gasteiger partial charge on any atom is -0.308 e. The predicted octanol–water partition coefficient (Wildman–Crippen LogP) is 2.10. The molecule has 0 bridgehead atoms. The minimum absolute atomic E-state index is 0.760. The zero-order valence-electron chi connectivity index (χ0n) is 9.15. The summed E-state index contributed by atoms with van der Waals surface area (Å²) < 4.78 is 2.02. The molecule has 3 nitrogen and oxygen atoms in total. The third kappa shape index (κ3) is 3.51. The monoisotopic (exact) mass is 205 g/mol. The number of rotatable bonds is 7. The lowest BCUT2D eigenvalue weighted by Crippen LogP contribution is -2.15. The normalized spacial score (nSPS) is 15.5. The van der Waals surface area contributed by atoms with Crippen molar-refractivity contribution in [3.63, 3.8) is 0 Å². The molecule has 1 fully saturated rings. The van der Waals surface area contributed by atoms with E-state index in [2.05, 4.69) is 29.3 Å². The van der Waals surface area contributed by atoms with Crippen LogP contribution in [-0.2, 0) is 13.1 Å². The van der Waals surface area contributed by atoms with E-state index in [0.29, 0.717) is 0 Å². The average molecular weight is 205 g/mol. The summed E-state index contributed by atoms with van der Waals surface area (Å²) >= 11 is 0. The fourth-order valence-electron chi connectivity index (χ4n) is 1.56. The smallest absolute Gasteiger partial charge is 0.0762 e. The second-order valence-corrected chi connectivity index (χ2v) is 4.16. The molecule has 1 aliphatic rings. The van der Waals surface area contributed by atoms with Crippen molar-refractivity contribution in [2.24, 2.45) is 0 Å². The maximum Gasteiger partial charge on any atom is 0.0762 e. The van der Waals surface area contributed by atoms with Crippen LogP contribution in [0.2, 0.25) is 0 Å². The number of hydrogen-bond acceptors (Lipinski definition) is 2. The quantitative estimate of drug-likeness (QED) is 0.545. The average Bonchev–Trinajstić information content (AvgIpc) is 2.97. The van der Waals surface area contributed by atoms with E-state index in [1.54, 1.807) is 0 Å². The third-order valence-electron chi connectivity index (χ3n) is 2.64. The van der Waals surface area contributed by atoms with Gasteiger partial charge >= 0.3 is 0 Å². The summed E-state index contributed by atoms with van der Waals surface area (Å²) in [5.74, 6) is 0. The van der Waals surface area contributed by atoms with E-state index in [4.69, 9.17) is 0 Å². The van der Waals surface area contributed by atoms with Gasteiger partial charge in [-0.25, -0.2) is 0 Å². The molecule has 0 unspecified atom stereocenters. The Hall–Kier alpha value is -1.09. The molecule has 0 spiro atoms. The maximum atomic E-state index is 4.50. The first-order valence-electron chi connectivity index (χ1n) is 5.75. The Morgan fingerprint density at radius 3 is 3.20 bits per heavy atom. The molecule has 0 aromatic carbocycles. The van der Waals surface area contributed by atoms with E-state index in [9.17, 15) is 0 Å². The zero-order valence-corrected chi connectivity index (χ0v) is 9.15. The maximum absolute atomic E-state index is 4.50. The molecular weight excluding hydrogens is 186 g/mol. The Morgan fingerprint density at radius 2 is 2.47 bits per heavy atom. The van der Waals surface area contributed by atoms with Crippen LogP contribution in [0.4, 0.5) is 0 Å². The van der Waals surface area contributed by atoms with Crippen molar-refractivity contribution in [3.05, 3.63) is 30.6 Å². The Balaban J connectivity index is 1.72. The van der Waals surface area contributed by atoms with Crippen LogP contribution in [0, 0.1) is 0 Å². The molecule has 1 aromatic heterocycles. The molecule has 0 aliphatic heterocycles. The molecule has 1 aromatic rings. The lowest BCUT2D eigenvalue weighted by Gasteiger charge is -2.00. The van der Waals surface area contributed by atoms with Crippen LogP contribution < -0.4 is 5.32 Å². The molecule has 15 heavy (non-hydrogen) atoms. The van der Waals surface area contributed by atoms with Gasteiger partial charge in [0.1, 0.15) is 0 Å². The Labute approximate surface area is 91.2 Å². The van der Waals surface area contributed by atoms with Crippen LogP contribution in [0.5, 0.6) is 0 Å². The van der Waals surface area contributed by atoms with Gasteiger partial charge in [0.2, 0.25) is 0 Å². The van der Waals surface area contributed by atoms with Crippen LogP contribution in [0.1, 0.15) is 31.4 Å². The Bertz CT molecular complexity index is 312. The molecule has 2 rings (SSSR count). The Morgan fingerprint density at radius 1 is 1.60 bits per heavy atom. The topological polar surface area (TPSA) is 29.9 Å². The zero-order chi connectivity index (χ0) is 10.5. The lowest BCUT2D eigenvalue weighted by molar-refractivity contribution is 0.567. The SMILES string of the molecule is C=CCCCn1ccc(CNC2CC2)n1. The molecule has 82 valence electrons. The van der Waals surface area contributed by atoms with E-state index >= 15 is 0 Å². The molecule has 3 heteroatoms. The van der Waals surface area contributed by atoms with E-state index < -0.39 is 0 Å². The van der Waals surface area contributed by atoms with E-state index in [1.807, 2.05) is 10.8 Å². The third-order valence-corrected chi connectivity index (χ3v) is 2.64. The number of hydrogen-bond donors (Lipinski definition) is 1. The van der Waals surface area contributed by atoms with Gasteiger partial charge in [0.05, 0.1) is 5.69 Å². The first-order valence-corrected chi connectivity index (χ1v) is 5.75. The molecule has 0 radical (unpaired) electrons. The number of unbranched alkanes of at least 4 members (excludes halogenated alkanes) is 1. The van der Waals surface area contributed by atoms with Gasteiger partial charge in [-0.15, -0.1) is 6.58 Å². The first-order chi connectivity index (χ1) is 7.38. The highest BCUT2D eigenvalue weighted by Crippen LogP contribution is 2.18. The number of nitrogens with one attached hydrogen (secondary N) is 1. The van der Waals surface area contributed by atoms with Crippen LogP contribution in [0.25, 0.3) is 0 Å². The van der Waals surface area contributed by atoms with E-state index in [0.717, 1.165) is 37.7 Å². The highest BCUT2D eigenvalue weighted by atomic mass is 15.3. The van der Waals surface area contributed by atoms with Gasteiger partial charge in [-0.1, -0.05) is 6.08 Å². The molecule has 0 saturated heterocycles. The molecule has 1 N–H and O–H groups in total. The second-order valence-electron chi connectivity index (χ2n) is 4.16. The van der Waals surface area contributed by atoms with Crippen molar-refractivity contribution in [3.8, 4) is 0 Å². The van der Waals surface area contributed by atoms with Gasteiger partial charge in [0.25, 0.3) is 0 Å². The summed E-state index contributed by atoms with van der Waals surface area (Å²) in [4.78, 5) is 0. The second kappa shape index (κ2) is 5.12. The molecule has 0 amide bonds. The summed E-state index contributed by atoms with van der Waals surface area (Å²) in [6, 6.07) is 2.86. The van der Waals surface area contributed by atoms with Crippen molar-refractivity contribution in [2.45, 2.75) is 44.8 Å². The van der Waals surface area contributed by atoms with Gasteiger partial charge in [-0.05, 0) is 31.7 Å². The predicted molar refractivity (Wildman–Crippen MR) is 61.5 cm³/mol. The van der Waals surface area contributed by atoms with Crippen LogP contribution >= 0.6 is 0 Å². The fraction of sp³-hybridized carbons (Fsp3) is 0.583. The van der Waals surface area contributed by atoms with Crippen LogP contribution in [0.3, 0.4) is 0 Å². The van der Waals surface area contributed by atoms with Gasteiger partial charge in [-0.3, -0.25) is 4.68 Å². The van der Waals surface area contributed by atoms with Crippen LogP contribution in [0.15, 0.2) is 24.9 Å². The molecule has 1 saturated carbocycles. The van der Waals surface area contributed by atoms with Crippen molar-refractivity contribution in [2.75, 3.05) is 0 Å². The highest BCUT2D eigenvalue weighted by molar-refractivity contribution is 4.99. The largest absolute Gasteiger partial charge is 0.308 e. The molecule has 1 heterocycles. The Kier molecular flexibility index (Phi) is 3.56. The summed E-state index contributed by atoms with van der Waals surface area (Å²) in [5.41, 5.74) is 1.15. The summed E-state index contributed by atoms with van der Waals surface area (Å²) in [7, 11) is 0. The summed E-state index contributed by atoms with van der Waals surface area (Å²) in [6.45, 7) is 5.62. The first kappa shape index (κ1) is 10.4. The van der Waals surface area contributed by atoms with Gasteiger partial charge in [-0.2, -0.15) is 5.10 Å². The fourth-order valence-corrected chi connectivity index (χ4v) is 1.56. The molecule has 0 atom stereocenters. The lowest BCUT2D eigenvalue weighted by atomic mass is 10.3. The highest BCUT2D eigenvalue weighted by Gasteiger charge is 2.20. The number of aromatic nitrogens is 2. The van der Waals surface area contributed by atoms with Gasteiger partial charge in [0, 0.05) is 25.3 Å². The van der Waals surface area contributed by atoms with E-state index in [-0.39, 0.29) is 0 Å². The minimum atomic E-state index is 0.760. The summed E-state index contributed by atoms with van der Waals surface area (Å²) in [6.07, 6.45) is 8.88. The number of nitrogens with zero attached hydrogens (tertiary/aromatic N) is 2. The van der Waals surface area contributed by atoms with Crippen LogP contribution in [-0.4, -0.2) is 15.8 Å². The van der Waals surface area contributed by atoms with Crippen molar-refractivity contribution >= 4 is 0 Å². The van der Waals surface area contributed by atoms with Crippen molar-refractivity contribution in [1.29, 1.82) is 0 Å². The number of aryl methyl sites for hydroxylation is 1. The molecule has 1 aliphatic carbocycles. The van der Waals surface area contributed by atoms with Gasteiger partial charge in [0.15, 0.2) is 0 Å². The summed E-state index contributed by atoms with van der Waals surface area (Å²) in [5, 5.41) is 7.96. The van der Waals surface area contributed by atoms with Gasteiger partial charge < -0.3 is 5.32 Å². The molecular formula is C12H19N3. The van der Waals surface area contributed by atoms with Crippen molar-refractivity contribution in [1.82, 2.24) is 15.1 Å². The van der Waals surface area contributed by atoms with Crippen molar-refractivity contribution < 1.29 is 0 Å². The van der Waals surface area contributed by atoms with E-state index in [1.165, 1.54) is 12.8 Å². The number of allylic oxidation sites excluding steroid dienone is 1.